The van der Waals surface area contributed by atoms with Gasteiger partial charge in [-0.25, -0.2) is 0 Å². The van der Waals surface area contributed by atoms with Crippen molar-refractivity contribution in [2.75, 3.05) is 26.2 Å². The number of aromatic amines is 1. The van der Waals surface area contributed by atoms with E-state index < -0.39 is 11.5 Å². The van der Waals surface area contributed by atoms with Gasteiger partial charge in [0.1, 0.15) is 6.04 Å². The van der Waals surface area contributed by atoms with Crippen molar-refractivity contribution in [2.24, 2.45) is 5.41 Å². The molecule has 2 heterocycles. The van der Waals surface area contributed by atoms with Crippen LogP contribution in [0.1, 0.15) is 103 Å². The van der Waals surface area contributed by atoms with Gasteiger partial charge in [0, 0.05) is 36.8 Å². The number of H-pyrrole nitrogens is 1. The molecule has 2 atom stereocenters. The van der Waals surface area contributed by atoms with Crippen molar-refractivity contribution in [2.45, 2.75) is 84.2 Å². The average Bonchev–Trinajstić information content (AvgIpc) is 3.75. The Labute approximate surface area is 276 Å². The molecular formula is C35H45N9O3. The fraction of sp³-hybridized carbons (Fsp3) is 0.514. The number of carbonyl (C=O) groups excluding carboxylic acids is 3. The van der Waals surface area contributed by atoms with Crippen LogP contribution in [0.15, 0.2) is 36.4 Å². The van der Waals surface area contributed by atoms with E-state index in [1.807, 2.05) is 50.2 Å². The van der Waals surface area contributed by atoms with E-state index >= 15 is 0 Å². The van der Waals surface area contributed by atoms with Crippen LogP contribution in [-0.4, -0.2) is 81.5 Å². The number of amides is 3. The molecule has 12 nitrogen and oxygen atoms in total. The van der Waals surface area contributed by atoms with Crippen LogP contribution in [0.5, 0.6) is 0 Å². The largest absolute Gasteiger partial charge is 0.352 e. The van der Waals surface area contributed by atoms with Gasteiger partial charge in [-0.2, -0.15) is 10.5 Å². The molecule has 2 aromatic carbocycles. The number of benzene rings is 2. The van der Waals surface area contributed by atoms with Crippen LogP contribution in [0, 0.1) is 16.7 Å². The summed E-state index contributed by atoms with van der Waals surface area (Å²) >= 11 is 0. The first kappa shape index (κ1) is 33.7. The van der Waals surface area contributed by atoms with Crippen LogP contribution in [0.2, 0.25) is 0 Å². The zero-order valence-corrected chi connectivity index (χ0v) is 27.9. The molecule has 0 saturated carbocycles. The second kappa shape index (κ2) is 14.0. The van der Waals surface area contributed by atoms with Gasteiger partial charge in [0.2, 0.25) is 5.91 Å². The second-order valence-corrected chi connectivity index (χ2v) is 13.5. The molecule has 2 aliphatic rings. The van der Waals surface area contributed by atoms with Crippen molar-refractivity contribution in [1.82, 2.24) is 41.5 Å². The number of likely N-dealkylation sites (tertiary alicyclic amines) is 1. The first-order chi connectivity index (χ1) is 22.5. The molecule has 0 unspecified atom stereocenters. The van der Waals surface area contributed by atoms with Crippen molar-refractivity contribution in [3.63, 3.8) is 0 Å². The fourth-order valence-corrected chi connectivity index (χ4v) is 7.05. The third-order valence-corrected chi connectivity index (χ3v) is 9.50. The molecule has 5 rings (SSSR count). The summed E-state index contributed by atoms with van der Waals surface area (Å²) < 4.78 is 0. The Morgan fingerprint density at radius 1 is 1.02 bits per heavy atom. The maximum Gasteiger partial charge on any atom is 0.251 e. The molecule has 4 N–H and O–H groups in total. The zero-order valence-electron chi connectivity index (χ0n) is 27.9. The lowest BCUT2D eigenvalue weighted by atomic mass is 9.64. The molecule has 47 heavy (non-hydrogen) atoms. The van der Waals surface area contributed by atoms with Gasteiger partial charge in [0.15, 0.2) is 5.82 Å². The van der Waals surface area contributed by atoms with Crippen LogP contribution in [0.4, 0.5) is 0 Å². The number of tetrazole rings is 1. The zero-order chi connectivity index (χ0) is 33.8. The van der Waals surface area contributed by atoms with Crippen LogP contribution in [0.25, 0.3) is 0 Å². The summed E-state index contributed by atoms with van der Waals surface area (Å²) in [6, 6.07) is 13.2. The monoisotopic (exact) mass is 639 g/mol. The van der Waals surface area contributed by atoms with E-state index in [0.717, 1.165) is 28.7 Å². The molecule has 0 bridgehead atoms. The molecule has 1 aromatic heterocycles. The Hall–Kier alpha value is -4.63. The third kappa shape index (κ3) is 6.76. The predicted octanol–water partition coefficient (Wildman–Crippen LogP) is 3.04. The highest BCUT2D eigenvalue weighted by molar-refractivity contribution is 5.95. The summed E-state index contributed by atoms with van der Waals surface area (Å²) in [5, 5.41) is 34.8. The van der Waals surface area contributed by atoms with Crippen LogP contribution >= 0.6 is 0 Å². The minimum atomic E-state index is -0.954. The summed E-state index contributed by atoms with van der Waals surface area (Å²) in [5.74, 6) is 0.0683. The number of nitriles is 1. The number of carbonyl (C=O) groups is 3. The van der Waals surface area contributed by atoms with Crippen molar-refractivity contribution < 1.29 is 14.4 Å². The van der Waals surface area contributed by atoms with Crippen molar-refractivity contribution in [3.8, 4) is 6.07 Å². The number of hydrogen-bond donors (Lipinski definition) is 4. The molecule has 1 aliphatic heterocycles. The van der Waals surface area contributed by atoms with E-state index in [1.54, 1.807) is 4.90 Å². The van der Waals surface area contributed by atoms with Gasteiger partial charge in [-0.3, -0.25) is 14.4 Å². The molecule has 1 saturated heterocycles. The third-order valence-electron chi connectivity index (χ3n) is 9.50. The van der Waals surface area contributed by atoms with Gasteiger partial charge >= 0.3 is 0 Å². The van der Waals surface area contributed by atoms with Gasteiger partial charge in [-0.05, 0) is 97.9 Å². The van der Waals surface area contributed by atoms with Crippen molar-refractivity contribution >= 4 is 17.7 Å². The van der Waals surface area contributed by atoms with Gasteiger partial charge in [-0.15, -0.1) is 10.2 Å². The van der Waals surface area contributed by atoms with Gasteiger partial charge in [0.05, 0.1) is 18.0 Å². The van der Waals surface area contributed by atoms with Gasteiger partial charge < -0.3 is 20.9 Å². The number of hydrogen-bond acceptors (Lipinski definition) is 8. The SMILES string of the molecule is CCNC(=O)c1ccc2c(c1)CCc1cc(C(=O)NCC)ccc1C2(C[C@@H](NCC(=O)N1CCC[C@H]1C#N)C(C)(C)C)c1nn[nH]n1. The summed E-state index contributed by atoms with van der Waals surface area (Å²) in [6.07, 6.45) is 3.22. The number of aryl methyl sites for hydroxylation is 2. The van der Waals surface area contributed by atoms with E-state index in [-0.39, 0.29) is 35.7 Å². The lowest BCUT2D eigenvalue weighted by Crippen LogP contribution is -2.51. The molecule has 248 valence electrons. The standard InChI is InChI=1S/C35H45N9O3/c1-6-37-31(46)24-12-14-27-22(17-24)10-11-23-18-25(32(47)38-7-2)13-15-28(23)35(27,33-40-42-43-41-33)19-29(34(3,4)5)39-21-30(45)44-16-8-9-26(44)20-36/h12-15,17-18,26,29,39H,6-11,16,19,21H2,1-5H3,(H,37,46)(H,38,47)(H,40,41,42,43)/t26-,29+/m0/s1. The number of nitrogens with zero attached hydrogens (tertiary/aromatic N) is 5. The van der Waals surface area contributed by atoms with Crippen LogP contribution < -0.4 is 16.0 Å². The maximum atomic E-state index is 13.4. The van der Waals surface area contributed by atoms with Gasteiger partial charge in [-0.1, -0.05) is 38.1 Å². The quantitative estimate of drug-likeness (QED) is 0.262. The van der Waals surface area contributed by atoms with E-state index in [0.29, 0.717) is 62.3 Å². The van der Waals surface area contributed by atoms with E-state index in [4.69, 9.17) is 0 Å². The predicted molar refractivity (Wildman–Crippen MR) is 177 cm³/mol. The minimum absolute atomic E-state index is 0.0778. The van der Waals surface area contributed by atoms with E-state index in [1.165, 1.54) is 0 Å². The Morgan fingerprint density at radius 3 is 2.11 bits per heavy atom. The lowest BCUT2D eigenvalue weighted by molar-refractivity contribution is -0.130. The smallest absolute Gasteiger partial charge is 0.251 e. The van der Waals surface area contributed by atoms with Gasteiger partial charge in [0.25, 0.3) is 11.8 Å². The van der Waals surface area contributed by atoms with Crippen molar-refractivity contribution in [1.29, 1.82) is 5.26 Å². The summed E-state index contributed by atoms with van der Waals surface area (Å²) in [5.41, 5.74) is 3.70. The Bertz CT molecular complexity index is 1590. The molecule has 12 heteroatoms. The van der Waals surface area contributed by atoms with Crippen LogP contribution in [-0.2, 0) is 23.1 Å². The Kier molecular flexibility index (Phi) is 10.1. The molecule has 3 amide bonds. The summed E-state index contributed by atoms with van der Waals surface area (Å²) in [7, 11) is 0. The lowest BCUT2D eigenvalue weighted by Gasteiger charge is -2.41. The van der Waals surface area contributed by atoms with Crippen LogP contribution in [0.3, 0.4) is 0 Å². The number of aromatic nitrogens is 4. The number of nitrogens with one attached hydrogen (secondary N) is 4. The summed E-state index contributed by atoms with van der Waals surface area (Å²) in [6.45, 7) is 11.8. The molecule has 0 spiro atoms. The Balaban J connectivity index is 1.66. The topological polar surface area (TPSA) is 169 Å². The number of rotatable bonds is 10. The highest BCUT2D eigenvalue weighted by Gasteiger charge is 2.48. The normalized spacial score (nSPS) is 17.5. The molecular weight excluding hydrogens is 594 g/mol. The molecule has 0 radical (unpaired) electrons. The average molecular weight is 640 g/mol. The first-order valence-corrected chi connectivity index (χ1v) is 16.5. The second-order valence-electron chi connectivity index (χ2n) is 13.5. The first-order valence-electron chi connectivity index (χ1n) is 16.5. The highest BCUT2D eigenvalue weighted by Crippen LogP contribution is 2.48. The molecule has 1 aliphatic carbocycles. The minimum Gasteiger partial charge on any atom is -0.352 e. The van der Waals surface area contributed by atoms with E-state index in [9.17, 15) is 19.6 Å². The highest BCUT2D eigenvalue weighted by atomic mass is 16.2. The van der Waals surface area contributed by atoms with E-state index in [2.05, 4.69) is 63.4 Å². The molecule has 1 fully saturated rings. The number of fused-ring (bicyclic) bond motifs is 2. The summed E-state index contributed by atoms with van der Waals surface area (Å²) in [4.78, 5) is 41.0. The fourth-order valence-electron chi connectivity index (χ4n) is 7.05. The maximum absolute atomic E-state index is 13.4. The van der Waals surface area contributed by atoms with Crippen molar-refractivity contribution in [3.05, 3.63) is 75.6 Å². The Morgan fingerprint density at radius 2 is 1.62 bits per heavy atom. The molecule has 3 aromatic rings.